The molecule has 2 amide bonds. The van der Waals surface area contributed by atoms with Gasteiger partial charge in [0.1, 0.15) is 11.9 Å². The zero-order valence-corrected chi connectivity index (χ0v) is 17.7. The van der Waals surface area contributed by atoms with Crippen LogP contribution < -0.4 is 4.90 Å². The van der Waals surface area contributed by atoms with Gasteiger partial charge in [0.25, 0.3) is 0 Å². The molecule has 0 aromatic carbocycles. The third-order valence-corrected chi connectivity index (χ3v) is 7.09. The quantitative estimate of drug-likeness (QED) is 0.382. The van der Waals surface area contributed by atoms with E-state index in [1.54, 1.807) is 6.20 Å². The first-order chi connectivity index (χ1) is 15.0. The minimum absolute atomic E-state index is 0.0935. The van der Waals surface area contributed by atoms with Crippen LogP contribution in [0, 0.1) is 23.7 Å². The Labute approximate surface area is 181 Å². The molecule has 3 fully saturated rings. The van der Waals surface area contributed by atoms with E-state index in [-0.39, 0.29) is 42.0 Å². The molecule has 4 aliphatic rings. The number of aromatic nitrogens is 1. The van der Waals surface area contributed by atoms with Gasteiger partial charge < -0.3 is 9.64 Å². The fourth-order valence-electron chi connectivity index (χ4n) is 5.70. The largest absolute Gasteiger partial charge is 0.459 e. The van der Waals surface area contributed by atoms with Crippen LogP contribution in [0.5, 0.6) is 0 Å². The summed E-state index contributed by atoms with van der Waals surface area (Å²) in [5.41, 5.74) is 0. The number of nitrogens with zero attached hydrogens (tertiary/aromatic N) is 4. The second-order valence-corrected chi connectivity index (χ2v) is 8.99. The molecule has 8 heteroatoms. The Balaban J connectivity index is 1.21. The number of amides is 2. The van der Waals surface area contributed by atoms with Crippen molar-refractivity contribution in [2.75, 3.05) is 44.2 Å². The van der Waals surface area contributed by atoms with Crippen molar-refractivity contribution in [3.8, 4) is 0 Å². The number of esters is 1. The molecule has 2 aliphatic heterocycles. The van der Waals surface area contributed by atoms with Crippen LogP contribution in [0.2, 0.25) is 0 Å². The number of piperazine rings is 1. The molecule has 2 bridgehead atoms. The minimum Gasteiger partial charge on any atom is -0.459 e. The highest BCUT2D eigenvalue weighted by Gasteiger charge is 2.59. The Kier molecular flexibility index (Phi) is 5.25. The lowest BCUT2D eigenvalue weighted by Crippen LogP contribution is -2.51. The SMILES string of the molecule is CC(=O)OC(CN1CCN(c2ccccn2)CC1)CN1C(=O)C2C3C=C[C@@H](C3)[C@@H]2C1=O. The molecule has 31 heavy (non-hydrogen) atoms. The zero-order chi connectivity index (χ0) is 21.5. The predicted octanol–water partition coefficient (Wildman–Crippen LogP) is 0.942. The molecule has 0 radical (unpaired) electrons. The maximum Gasteiger partial charge on any atom is 0.303 e. The molecule has 1 aromatic heterocycles. The van der Waals surface area contributed by atoms with Crippen LogP contribution in [0.15, 0.2) is 36.5 Å². The van der Waals surface area contributed by atoms with Gasteiger partial charge in [0.15, 0.2) is 0 Å². The van der Waals surface area contributed by atoms with Crippen molar-refractivity contribution in [2.24, 2.45) is 23.7 Å². The number of fused-ring (bicyclic) bond motifs is 5. The Hall–Kier alpha value is -2.74. The lowest BCUT2D eigenvalue weighted by molar-refractivity contribution is -0.153. The molecular weight excluding hydrogens is 396 g/mol. The Morgan fingerprint density at radius 2 is 1.74 bits per heavy atom. The van der Waals surface area contributed by atoms with Crippen LogP contribution in [0.25, 0.3) is 0 Å². The maximum atomic E-state index is 13.0. The number of allylic oxidation sites excluding steroid dienone is 2. The molecule has 8 nitrogen and oxygen atoms in total. The summed E-state index contributed by atoms with van der Waals surface area (Å²) in [7, 11) is 0. The number of hydrogen-bond donors (Lipinski definition) is 0. The Bertz CT molecular complexity index is 866. The van der Waals surface area contributed by atoms with E-state index in [4.69, 9.17) is 4.74 Å². The van der Waals surface area contributed by atoms with Crippen molar-refractivity contribution in [3.63, 3.8) is 0 Å². The standard InChI is InChI=1S/C23H28N4O4/c1-15(28)31-18(13-25-8-10-26(11-9-25)19-4-2-3-7-24-19)14-27-22(29)20-16-5-6-17(12-16)21(20)23(27)30/h2-7,16-18,20-21H,8-14H2,1H3/t16-,17?,18?,20-,21?/m0/s1. The Morgan fingerprint density at radius 3 is 2.32 bits per heavy atom. The van der Waals surface area contributed by atoms with Gasteiger partial charge in [-0.25, -0.2) is 4.98 Å². The summed E-state index contributed by atoms with van der Waals surface area (Å²) in [5.74, 6) is 0.309. The van der Waals surface area contributed by atoms with Crippen LogP contribution in [-0.4, -0.2) is 77.9 Å². The van der Waals surface area contributed by atoms with Gasteiger partial charge in [-0.15, -0.1) is 0 Å². The fourth-order valence-corrected chi connectivity index (χ4v) is 5.70. The maximum absolute atomic E-state index is 13.0. The predicted molar refractivity (Wildman–Crippen MR) is 113 cm³/mol. The third-order valence-electron chi connectivity index (χ3n) is 7.09. The third kappa shape index (κ3) is 3.73. The van der Waals surface area contributed by atoms with Gasteiger partial charge in [0.05, 0.1) is 18.4 Å². The van der Waals surface area contributed by atoms with E-state index in [2.05, 4.69) is 26.9 Å². The summed E-state index contributed by atoms with van der Waals surface area (Å²) in [6, 6.07) is 5.88. The highest BCUT2D eigenvalue weighted by atomic mass is 16.5. The summed E-state index contributed by atoms with van der Waals surface area (Å²) in [5, 5.41) is 0. The molecule has 2 aliphatic carbocycles. The zero-order valence-electron chi connectivity index (χ0n) is 17.7. The lowest BCUT2D eigenvalue weighted by Gasteiger charge is -2.37. The normalized spacial score (nSPS) is 30.7. The molecule has 5 rings (SSSR count). The van der Waals surface area contributed by atoms with Crippen molar-refractivity contribution in [3.05, 3.63) is 36.5 Å². The summed E-state index contributed by atoms with van der Waals surface area (Å²) >= 11 is 0. The van der Waals surface area contributed by atoms with E-state index in [1.807, 2.05) is 18.2 Å². The van der Waals surface area contributed by atoms with Crippen LogP contribution in [-0.2, 0) is 19.1 Å². The van der Waals surface area contributed by atoms with E-state index in [0.717, 1.165) is 38.4 Å². The summed E-state index contributed by atoms with van der Waals surface area (Å²) in [4.78, 5) is 48.0. The monoisotopic (exact) mass is 424 g/mol. The van der Waals surface area contributed by atoms with Gasteiger partial charge in [0, 0.05) is 45.8 Å². The van der Waals surface area contributed by atoms with Crippen molar-refractivity contribution in [1.29, 1.82) is 0 Å². The van der Waals surface area contributed by atoms with Crippen LogP contribution in [0.1, 0.15) is 13.3 Å². The molecule has 1 aromatic rings. The second-order valence-electron chi connectivity index (χ2n) is 8.99. The van der Waals surface area contributed by atoms with E-state index < -0.39 is 12.1 Å². The highest BCUT2D eigenvalue weighted by molar-refractivity contribution is 6.06. The van der Waals surface area contributed by atoms with Crippen molar-refractivity contribution in [2.45, 2.75) is 19.4 Å². The molecule has 3 heterocycles. The van der Waals surface area contributed by atoms with Crippen molar-refractivity contribution >= 4 is 23.6 Å². The minimum atomic E-state index is -0.517. The topological polar surface area (TPSA) is 83.1 Å². The molecular formula is C23H28N4O4. The number of rotatable bonds is 6. The highest BCUT2D eigenvalue weighted by Crippen LogP contribution is 2.52. The number of carbonyl (C=O) groups excluding carboxylic acids is 3. The van der Waals surface area contributed by atoms with Gasteiger partial charge in [-0.2, -0.15) is 0 Å². The number of hydrogen-bond acceptors (Lipinski definition) is 7. The number of imide groups is 1. The first-order valence-electron chi connectivity index (χ1n) is 11.1. The molecule has 164 valence electrons. The average molecular weight is 425 g/mol. The van der Waals surface area contributed by atoms with E-state index in [0.29, 0.717) is 6.54 Å². The number of likely N-dealkylation sites (tertiary alicyclic amines) is 1. The first kappa shape index (κ1) is 20.2. The summed E-state index contributed by atoms with van der Waals surface area (Å²) in [6.45, 7) is 5.27. The van der Waals surface area contributed by atoms with Crippen molar-refractivity contribution in [1.82, 2.24) is 14.8 Å². The number of carbonyl (C=O) groups is 3. The molecule has 2 saturated heterocycles. The smallest absolute Gasteiger partial charge is 0.303 e. The number of anilines is 1. The van der Waals surface area contributed by atoms with Crippen LogP contribution in [0.3, 0.4) is 0 Å². The van der Waals surface area contributed by atoms with Crippen LogP contribution >= 0.6 is 0 Å². The van der Waals surface area contributed by atoms with Crippen LogP contribution in [0.4, 0.5) is 5.82 Å². The number of ether oxygens (including phenoxy) is 1. The van der Waals surface area contributed by atoms with Gasteiger partial charge in [-0.05, 0) is 30.4 Å². The fraction of sp³-hybridized carbons (Fsp3) is 0.565. The van der Waals surface area contributed by atoms with Gasteiger partial charge >= 0.3 is 5.97 Å². The van der Waals surface area contributed by atoms with E-state index in [9.17, 15) is 14.4 Å². The molecule has 5 atom stereocenters. The van der Waals surface area contributed by atoms with Gasteiger partial charge in [0.2, 0.25) is 11.8 Å². The molecule has 1 saturated carbocycles. The number of pyridine rings is 1. The average Bonchev–Trinajstić information content (AvgIpc) is 3.45. The molecule has 0 spiro atoms. The first-order valence-corrected chi connectivity index (χ1v) is 11.1. The molecule has 3 unspecified atom stereocenters. The Morgan fingerprint density at radius 1 is 1.06 bits per heavy atom. The van der Waals surface area contributed by atoms with E-state index >= 15 is 0 Å². The van der Waals surface area contributed by atoms with E-state index in [1.165, 1.54) is 11.8 Å². The second kappa shape index (κ2) is 8.07. The van der Waals surface area contributed by atoms with Gasteiger partial charge in [-0.1, -0.05) is 18.2 Å². The summed E-state index contributed by atoms with van der Waals surface area (Å²) in [6.07, 6.45) is 6.36. The van der Waals surface area contributed by atoms with Gasteiger partial charge in [-0.3, -0.25) is 24.2 Å². The van der Waals surface area contributed by atoms with Crippen molar-refractivity contribution < 1.29 is 19.1 Å². The lowest BCUT2D eigenvalue weighted by atomic mass is 9.85. The molecule has 0 N–H and O–H groups in total. The summed E-state index contributed by atoms with van der Waals surface area (Å²) < 4.78 is 5.55.